The molecule has 0 unspecified atom stereocenters. The summed E-state index contributed by atoms with van der Waals surface area (Å²) in [6.45, 7) is 6.14. The molecule has 3 heteroatoms. The lowest BCUT2D eigenvalue weighted by atomic mass is 9.84. The van der Waals surface area contributed by atoms with Crippen molar-refractivity contribution >= 4 is 11.3 Å². The highest BCUT2D eigenvalue weighted by molar-refractivity contribution is 7.10. The first kappa shape index (κ1) is 10.7. The van der Waals surface area contributed by atoms with Gasteiger partial charge in [0.05, 0.1) is 6.61 Å². The molecule has 0 spiro atoms. The number of hydrogen-bond donors (Lipinski definition) is 2. The number of thiophene rings is 1. The fourth-order valence-electron chi connectivity index (χ4n) is 1.16. The van der Waals surface area contributed by atoms with Crippen LogP contribution in [0.5, 0.6) is 0 Å². The summed E-state index contributed by atoms with van der Waals surface area (Å²) in [5, 5.41) is 11.2. The van der Waals surface area contributed by atoms with Crippen LogP contribution in [-0.4, -0.2) is 11.7 Å². The molecule has 13 heavy (non-hydrogen) atoms. The van der Waals surface area contributed by atoms with Gasteiger partial charge in [-0.1, -0.05) is 13.8 Å². The molecule has 74 valence electrons. The molecule has 0 aliphatic heterocycles. The third-order valence-corrected chi connectivity index (χ3v) is 3.54. The predicted octanol–water partition coefficient (Wildman–Crippen LogP) is 2.07. The van der Waals surface area contributed by atoms with Crippen molar-refractivity contribution in [2.75, 3.05) is 6.61 Å². The molecule has 0 radical (unpaired) electrons. The molecule has 1 atom stereocenters. The van der Waals surface area contributed by atoms with Crippen LogP contribution in [0.1, 0.15) is 30.3 Å². The van der Waals surface area contributed by atoms with E-state index in [1.807, 2.05) is 19.2 Å². The maximum atomic E-state index is 9.18. The number of nitrogens with two attached hydrogens (primary N) is 1. The Balaban J connectivity index is 2.91. The van der Waals surface area contributed by atoms with Gasteiger partial charge in [0.25, 0.3) is 0 Å². The Morgan fingerprint density at radius 2 is 2.23 bits per heavy atom. The number of aliphatic hydroxyl groups excluding tert-OH is 1. The molecule has 2 nitrogen and oxygen atoms in total. The molecule has 0 bridgehead atoms. The predicted molar refractivity (Wildman–Crippen MR) is 56.9 cm³/mol. The average molecular weight is 199 g/mol. The topological polar surface area (TPSA) is 46.2 Å². The summed E-state index contributed by atoms with van der Waals surface area (Å²) in [6, 6.07) is 1.99. The molecule has 1 aromatic rings. The number of rotatable bonds is 3. The molecule has 0 saturated carbocycles. The van der Waals surface area contributed by atoms with Crippen molar-refractivity contribution in [2.45, 2.75) is 26.8 Å². The third kappa shape index (κ3) is 2.10. The third-order valence-electron chi connectivity index (χ3n) is 2.43. The Hall–Kier alpha value is -0.380. The second-order valence-corrected chi connectivity index (χ2v) is 5.04. The quantitative estimate of drug-likeness (QED) is 0.783. The molecule has 1 rings (SSSR count). The summed E-state index contributed by atoms with van der Waals surface area (Å²) in [5.41, 5.74) is 7.06. The lowest BCUT2D eigenvalue weighted by Gasteiger charge is -2.29. The van der Waals surface area contributed by atoms with Gasteiger partial charge in [0.2, 0.25) is 0 Å². The number of aryl methyl sites for hydroxylation is 1. The molecule has 1 aromatic heterocycles. The van der Waals surface area contributed by atoms with E-state index in [0.717, 1.165) is 0 Å². The second-order valence-electron chi connectivity index (χ2n) is 4.09. The summed E-state index contributed by atoms with van der Waals surface area (Å²) in [6.07, 6.45) is 0. The minimum absolute atomic E-state index is 0.0718. The molecule has 0 aliphatic rings. The highest BCUT2D eigenvalue weighted by Crippen LogP contribution is 2.34. The lowest BCUT2D eigenvalue weighted by Crippen LogP contribution is -2.32. The zero-order valence-electron chi connectivity index (χ0n) is 8.37. The minimum Gasteiger partial charge on any atom is -0.396 e. The van der Waals surface area contributed by atoms with Crippen LogP contribution in [0, 0.1) is 12.3 Å². The first-order valence-electron chi connectivity index (χ1n) is 4.39. The Bertz CT molecular complexity index is 280. The summed E-state index contributed by atoms with van der Waals surface area (Å²) < 4.78 is 0. The zero-order chi connectivity index (χ0) is 10.1. The van der Waals surface area contributed by atoms with Crippen LogP contribution in [-0.2, 0) is 0 Å². The van der Waals surface area contributed by atoms with E-state index in [1.165, 1.54) is 10.4 Å². The summed E-state index contributed by atoms with van der Waals surface area (Å²) in [7, 11) is 0. The minimum atomic E-state index is -0.240. The Morgan fingerprint density at radius 3 is 2.62 bits per heavy atom. The van der Waals surface area contributed by atoms with Crippen LogP contribution in [0.15, 0.2) is 11.4 Å². The first-order valence-corrected chi connectivity index (χ1v) is 5.27. The van der Waals surface area contributed by atoms with Crippen molar-refractivity contribution in [1.29, 1.82) is 0 Å². The molecule has 0 saturated heterocycles. The molecule has 0 amide bonds. The highest BCUT2D eigenvalue weighted by Gasteiger charge is 2.28. The van der Waals surface area contributed by atoms with Crippen LogP contribution in [0.25, 0.3) is 0 Å². The van der Waals surface area contributed by atoms with Crippen LogP contribution in [0.4, 0.5) is 0 Å². The Kier molecular flexibility index (Phi) is 3.11. The van der Waals surface area contributed by atoms with E-state index in [2.05, 4.69) is 13.0 Å². The highest BCUT2D eigenvalue weighted by atomic mass is 32.1. The molecule has 0 aromatic carbocycles. The van der Waals surface area contributed by atoms with Crippen LogP contribution in [0.2, 0.25) is 0 Å². The fraction of sp³-hybridized carbons (Fsp3) is 0.600. The second kappa shape index (κ2) is 3.78. The number of aliphatic hydroxyl groups is 1. The van der Waals surface area contributed by atoms with Gasteiger partial charge in [0, 0.05) is 16.3 Å². The maximum Gasteiger partial charge on any atom is 0.0500 e. The molecule has 0 fully saturated rings. The van der Waals surface area contributed by atoms with Gasteiger partial charge in [-0.05, 0) is 23.9 Å². The van der Waals surface area contributed by atoms with Crippen molar-refractivity contribution < 1.29 is 5.11 Å². The maximum absolute atomic E-state index is 9.18. The van der Waals surface area contributed by atoms with Gasteiger partial charge in [0.15, 0.2) is 0 Å². The Labute approximate surface area is 83.4 Å². The van der Waals surface area contributed by atoms with Gasteiger partial charge in [-0.3, -0.25) is 0 Å². The molecular weight excluding hydrogens is 182 g/mol. The van der Waals surface area contributed by atoms with Gasteiger partial charge in [-0.2, -0.15) is 0 Å². The van der Waals surface area contributed by atoms with E-state index in [-0.39, 0.29) is 18.1 Å². The zero-order valence-corrected chi connectivity index (χ0v) is 9.19. The largest absolute Gasteiger partial charge is 0.396 e. The molecule has 0 aliphatic carbocycles. The van der Waals surface area contributed by atoms with E-state index in [9.17, 15) is 5.11 Å². The van der Waals surface area contributed by atoms with Crippen molar-refractivity contribution in [3.63, 3.8) is 0 Å². The van der Waals surface area contributed by atoms with Gasteiger partial charge in [0.1, 0.15) is 0 Å². The smallest absolute Gasteiger partial charge is 0.0500 e. The standard InChI is InChI=1S/C10H17NOS/c1-7-4-5-13-8(7)9(11)10(2,3)6-12/h4-5,9,12H,6,11H2,1-3H3/t9-/m0/s1. The van der Waals surface area contributed by atoms with Crippen molar-refractivity contribution in [3.05, 3.63) is 21.9 Å². The first-order chi connectivity index (χ1) is 5.99. The van der Waals surface area contributed by atoms with Crippen LogP contribution >= 0.6 is 11.3 Å². The molecule has 3 N–H and O–H groups in total. The van der Waals surface area contributed by atoms with Crippen molar-refractivity contribution in [2.24, 2.45) is 11.1 Å². The monoisotopic (exact) mass is 199 g/mol. The summed E-state index contributed by atoms with van der Waals surface area (Å²) >= 11 is 1.66. The van der Waals surface area contributed by atoms with Gasteiger partial charge in [-0.25, -0.2) is 0 Å². The van der Waals surface area contributed by atoms with Crippen LogP contribution in [0.3, 0.4) is 0 Å². The van der Waals surface area contributed by atoms with E-state index < -0.39 is 0 Å². The summed E-state index contributed by atoms with van der Waals surface area (Å²) in [4.78, 5) is 1.18. The fourth-order valence-corrected chi connectivity index (χ4v) is 2.29. The average Bonchev–Trinajstić information content (AvgIpc) is 2.50. The van der Waals surface area contributed by atoms with E-state index in [1.54, 1.807) is 11.3 Å². The number of hydrogen-bond acceptors (Lipinski definition) is 3. The van der Waals surface area contributed by atoms with Gasteiger partial charge >= 0.3 is 0 Å². The van der Waals surface area contributed by atoms with Gasteiger partial charge in [-0.15, -0.1) is 11.3 Å². The Morgan fingerprint density at radius 1 is 1.62 bits per heavy atom. The van der Waals surface area contributed by atoms with Crippen molar-refractivity contribution in [1.82, 2.24) is 0 Å². The molecule has 1 heterocycles. The van der Waals surface area contributed by atoms with E-state index >= 15 is 0 Å². The van der Waals surface area contributed by atoms with Gasteiger partial charge < -0.3 is 10.8 Å². The SMILES string of the molecule is Cc1ccsc1[C@H](N)C(C)(C)CO. The normalized spacial score (nSPS) is 14.5. The van der Waals surface area contributed by atoms with E-state index in [0.29, 0.717) is 0 Å². The summed E-state index contributed by atoms with van der Waals surface area (Å²) in [5.74, 6) is 0. The van der Waals surface area contributed by atoms with E-state index in [4.69, 9.17) is 5.73 Å². The lowest BCUT2D eigenvalue weighted by molar-refractivity contribution is 0.133. The van der Waals surface area contributed by atoms with Crippen molar-refractivity contribution in [3.8, 4) is 0 Å². The molecular formula is C10H17NOS. The van der Waals surface area contributed by atoms with Crippen LogP contribution < -0.4 is 5.73 Å².